The molecule has 6 nitrogen and oxygen atoms in total. The van der Waals surface area contributed by atoms with Gasteiger partial charge >= 0.3 is 0 Å². The minimum atomic E-state index is -3.79. The lowest BCUT2D eigenvalue weighted by Gasteiger charge is -2.10. The first-order valence-corrected chi connectivity index (χ1v) is 13.5. The van der Waals surface area contributed by atoms with Gasteiger partial charge in [0.05, 0.1) is 20.8 Å². The minimum absolute atomic E-state index is 0.133. The number of benzene rings is 3. The monoisotopic (exact) mass is 505 g/mol. The van der Waals surface area contributed by atoms with Gasteiger partial charge in [-0.1, -0.05) is 24.3 Å². The van der Waals surface area contributed by atoms with Gasteiger partial charge in [-0.2, -0.15) is 0 Å². The Morgan fingerprint density at radius 3 is 2.47 bits per heavy atom. The van der Waals surface area contributed by atoms with Crippen LogP contribution in [0.3, 0.4) is 0 Å². The van der Waals surface area contributed by atoms with Crippen molar-refractivity contribution in [2.24, 2.45) is 0 Å². The Bertz CT molecular complexity index is 1590. The number of fused-ring (bicyclic) bond motifs is 1. The Labute approximate surface area is 205 Å². The predicted molar refractivity (Wildman–Crippen MR) is 139 cm³/mol. The molecule has 1 amide bonds. The maximum atomic E-state index is 12.9. The zero-order valence-electron chi connectivity index (χ0n) is 18.0. The topological polar surface area (TPSA) is 88.2 Å². The normalized spacial score (nSPS) is 11.4. The van der Waals surface area contributed by atoms with Gasteiger partial charge in [-0.3, -0.25) is 9.52 Å². The summed E-state index contributed by atoms with van der Waals surface area (Å²) in [7, 11) is -3.79. The maximum absolute atomic E-state index is 12.9. The predicted octanol–water partition coefficient (Wildman–Crippen LogP) is 6.39. The molecule has 34 heavy (non-hydrogen) atoms. The first kappa shape index (κ1) is 22.3. The van der Waals surface area contributed by atoms with Gasteiger partial charge in [-0.15, -0.1) is 22.7 Å². The van der Waals surface area contributed by atoms with Crippen LogP contribution in [0, 0.1) is 6.92 Å². The van der Waals surface area contributed by atoms with Gasteiger partial charge in [0.1, 0.15) is 9.88 Å². The van der Waals surface area contributed by atoms with Crippen molar-refractivity contribution in [3.8, 4) is 10.6 Å². The Kier molecular flexibility index (Phi) is 5.91. The van der Waals surface area contributed by atoms with E-state index < -0.39 is 10.0 Å². The van der Waals surface area contributed by atoms with Crippen molar-refractivity contribution in [1.29, 1.82) is 0 Å². The summed E-state index contributed by atoms with van der Waals surface area (Å²) >= 11 is 2.79. The molecule has 5 aromatic rings. The van der Waals surface area contributed by atoms with Crippen molar-refractivity contribution < 1.29 is 13.2 Å². The van der Waals surface area contributed by atoms with Crippen molar-refractivity contribution in [3.63, 3.8) is 0 Å². The van der Waals surface area contributed by atoms with Crippen LogP contribution in [-0.2, 0) is 10.0 Å². The summed E-state index contributed by atoms with van der Waals surface area (Å²) in [5.41, 5.74) is 3.97. The molecule has 0 fully saturated rings. The number of aryl methyl sites for hydroxylation is 1. The molecule has 2 N–H and O–H groups in total. The fraction of sp³-hybridized carbons (Fsp3) is 0.0400. The van der Waals surface area contributed by atoms with E-state index in [0.29, 0.717) is 5.69 Å². The number of rotatable bonds is 6. The van der Waals surface area contributed by atoms with Gasteiger partial charge in [0.2, 0.25) is 0 Å². The lowest BCUT2D eigenvalue weighted by molar-refractivity contribution is 0.103. The Morgan fingerprint density at radius 1 is 0.941 bits per heavy atom. The second-order valence-corrected chi connectivity index (χ2v) is 11.2. The van der Waals surface area contributed by atoms with Gasteiger partial charge in [0, 0.05) is 11.3 Å². The van der Waals surface area contributed by atoms with Crippen LogP contribution in [0.2, 0.25) is 0 Å². The molecular weight excluding hydrogens is 486 g/mol. The molecule has 2 aromatic heterocycles. The van der Waals surface area contributed by atoms with Gasteiger partial charge in [-0.05, 0) is 72.5 Å². The highest BCUT2D eigenvalue weighted by Crippen LogP contribution is 2.32. The number of anilines is 2. The van der Waals surface area contributed by atoms with Crippen LogP contribution in [0.4, 0.5) is 11.4 Å². The maximum Gasteiger partial charge on any atom is 0.267 e. The number of hydrogen-bond donors (Lipinski definition) is 2. The van der Waals surface area contributed by atoms with Crippen LogP contribution in [-0.4, -0.2) is 19.3 Å². The molecule has 0 saturated carbocycles. The highest BCUT2D eigenvalue weighted by atomic mass is 32.2. The molecule has 0 bridgehead atoms. The average Bonchev–Trinajstić information content (AvgIpc) is 3.46. The highest BCUT2D eigenvalue weighted by Gasteiger charge is 2.20. The SMILES string of the molecule is Cc1ccc2nc(-c3ccc(NC(=O)c4sccc4NS(=O)(=O)c4ccccc4)cc3)sc2c1. The first-order chi connectivity index (χ1) is 16.4. The van der Waals surface area contributed by atoms with Crippen molar-refractivity contribution in [2.45, 2.75) is 11.8 Å². The molecule has 3 aromatic carbocycles. The van der Waals surface area contributed by atoms with E-state index >= 15 is 0 Å². The number of hydrogen-bond acceptors (Lipinski definition) is 6. The summed E-state index contributed by atoms with van der Waals surface area (Å²) in [6, 6.07) is 23.3. The van der Waals surface area contributed by atoms with E-state index in [9.17, 15) is 13.2 Å². The molecular formula is C25H19N3O3S3. The Morgan fingerprint density at radius 2 is 1.71 bits per heavy atom. The Hall–Kier alpha value is -3.53. The smallest absolute Gasteiger partial charge is 0.267 e. The molecule has 0 spiro atoms. The summed E-state index contributed by atoms with van der Waals surface area (Å²) in [5, 5.41) is 5.43. The van der Waals surface area contributed by atoms with Crippen molar-refractivity contribution in [1.82, 2.24) is 4.98 Å². The van der Waals surface area contributed by atoms with Crippen LogP contribution >= 0.6 is 22.7 Å². The van der Waals surface area contributed by atoms with Crippen LogP contribution in [0.1, 0.15) is 15.2 Å². The third kappa shape index (κ3) is 4.58. The van der Waals surface area contributed by atoms with Crippen LogP contribution in [0.25, 0.3) is 20.8 Å². The molecule has 0 atom stereocenters. The third-order valence-corrected chi connectivity index (χ3v) is 8.46. The molecule has 5 rings (SSSR count). The molecule has 0 saturated heterocycles. The highest BCUT2D eigenvalue weighted by molar-refractivity contribution is 7.92. The lowest BCUT2D eigenvalue weighted by Crippen LogP contribution is -2.17. The van der Waals surface area contributed by atoms with E-state index in [4.69, 9.17) is 4.98 Å². The average molecular weight is 506 g/mol. The number of amides is 1. The van der Waals surface area contributed by atoms with Gasteiger partial charge in [-0.25, -0.2) is 13.4 Å². The third-order valence-electron chi connectivity index (χ3n) is 5.10. The van der Waals surface area contributed by atoms with E-state index in [1.165, 1.54) is 29.0 Å². The summed E-state index contributed by atoms with van der Waals surface area (Å²) < 4.78 is 28.9. The number of thiazole rings is 1. The number of carbonyl (C=O) groups excluding carboxylic acids is 1. The molecule has 0 aliphatic heterocycles. The summed E-state index contributed by atoms with van der Waals surface area (Å²) in [6.07, 6.45) is 0. The second-order valence-electron chi connectivity index (χ2n) is 7.60. The zero-order valence-corrected chi connectivity index (χ0v) is 20.4. The number of thiophene rings is 1. The van der Waals surface area contributed by atoms with E-state index in [1.54, 1.807) is 41.0 Å². The van der Waals surface area contributed by atoms with Gasteiger partial charge in [0.25, 0.3) is 15.9 Å². The summed E-state index contributed by atoms with van der Waals surface area (Å²) in [5.74, 6) is -0.385. The molecule has 0 radical (unpaired) electrons. The standard InChI is InChI=1S/C25H19N3O3S3/c1-16-7-12-20-22(15-16)33-25(27-20)17-8-10-18(11-9-17)26-24(29)23-21(13-14-32-23)28-34(30,31)19-5-3-2-4-6-19/h2-15,28H,1H3,(H,26,29). The summed E-state index contributed by atoms with van der Waals surface area (Å²) in [4.78, 5) is 18.0. The molecule has 0 aliphatic rings. The van der Waals surface area contributed by atoms with Crippen LogP contribution < -0.4 is 10.0 Å². The largest absolute Gasteiger partial charge is 0.321 e. The number of nitrogens with one attached hydrogen (secondary N) is 2. The number of sulfonamides is 1. The van der Waals surface area contributed by atoms with Crippen molar-refractivity contribution in [2.75, 3.05) is 10.0 Å². The molecule has 0 aliphatic carbocycles. The lowest BCUT2D eigenvalue weighted by atomic mass is 10.2. The molecule has 2 heterocycles. The molecule has 170 valence electrons. The minimum Gasteiger partial charge on any atom is -0.321 e. The van der Waals surface area contributed by atoms with Gasteiger partial charge in [0.15, 0.2) is 0 Å². The van der Waals surface area contributed by atoms with Crippen LogP contribution in [0.5, 0.6) is 0 Å². The second kappa shape index (κ2) is 9.02. The molecule has 0 unspecified atom stereocenters. The molecule has 9 heteroatoms. The number of nitrogens with zero attached hydrogens (tertiary/aromatic N) is 1. The number of aromatic nitrogens is 1. The van der Waals surface area contributed by atoms with Crippen molar-refractivity contribution in [3.05, 3.63) is 94.7 Å². The van der Waals surface area contributed by atoms with E-state index in [0.717, 1.165) is 20.8 Å². The van der Waals surface area contributed by atoms with Crippen LogP contribution in [0.15, 0.2) is 89.1 Å². The van der Waals surface area contributed by atoms with Gasteiger partial charge < -0.3 is 5.32 Å². The Balaban J connectivity index is 1.32. The van der Waals surface area contributed by atoms with E-state index in [2.05, 4.69) is 23.0 Å². The fourth-order valence-corrected chi connectivity index (χ4v) is 6.38. The first-order valence-electron chi connectivity index (χ1n) is 10.3. The zero-order chi connectivity index (χ0) is 23.7. The summed E-state index contributed by atoms with van der Waals surface area (Å²) in [6.45, 7) is 2.06. The number of carbonyl (C=O) groups is 1. The van der Waals surface area contributed by atoms with Crippen molar-refractivity contribution >= 4 is 60.2 Å². The quantitative estimate of drug-likeness (QED) is 0.280. The van der Waals surface area contributed by atoms with E-state index in [-0.39, 0.29) is 21.4 Å². The fourth-order valence-electron chi connectivity index (χ4n) is 3.41. The van der Waals surface area contributed by atoms with E-state index in [1.807, 2.05) is 36.4 Å².